The minimum atomic E-state index is -2.36. The van der Waals surface area contributed by atoms with Gasteiger partial charge in [0.2, 0.25) is 12.3 Å². The van der Waals surface area contributed by atoms with Crippen LogP contribution >= 0.6 is 0 Å². The molecule has 0 heterocycles. The minimum Gasteiger partial charge on any atom is -0.352 e. The van der Waals surface area contributed by atoms with Gasteiger partial charge in [0, 0.05) is 13.0 Å². The van der Waals surface area contributed by atoms with Gasteiger partial charge in [0.1, 0.15) is 0 Å². The third kappa shape index (κ3) is 5.21. The van der Waals surface area contributed by atoms with Gasteiger partial charge in [-0.2, -0.15) is 0 Å². The van der Waals surface area contributed by atoms with Crippen LogP contribution in [0.3, 0.4) is 0 Å². The molecule has 2 nitrogen and oxygen atoms in total. The van der Waals surface area contributed by atoms with Crippen LogP contribution < -0.4 is 5.32 Å². The van der Waals surface area contributed by atoms with E-state index in [2.05, 4.69) is 11.9 Å². The Morgan fingerprint density at radius 2 is 2.30 bits per heavy atom. The first-order valence-corrected chi connectivity index (χ1v) is 2.85. The Morgan fingerprint density at radius 3 is 2.70 bits per heavy atom. The second-order valence-corrected chi connectivity index (χ2v) is 1.67. The molecule has 0 rings (SSSR count). The van der Waals surface area contributed by atoms with Crippen molar-refractivity contribution in [1.29, 1.82) is 0 Å². The number of carbonyl (C=O) groups is 1. The molecule has 0 radical (unpaired) electrons. The second kappa shape index (κ2) is 4.90. The van der Waals surface area contributed by atoms with Crippen molar-refractivity contribution in [3.05, 3.63) is 12.7 Å². The van der Waals surface area contributed by atoms with E-state index in [1.54, 1.807) is 0 Å². The molecule has 0 aromatic heterocycles. The average Bonchev–Trinajstić information content (AvgIpc) is 1.87. The van der Waals surface area contributed by atoms with Crippen molar-refractivity contribution in [3.8, 4) is 0 Å². The van der Waals surface area contributed by atoms with Crippen LogP contribution in [0, 0.1) is 0 Å². The van der Waals surface area contributed by atoms with Gasteiger partial charge in [-0.3, -0.25) is 4.79 Å². The predicted octanol–water partition coefficient (Wildman–Crippen LogP) is 0.944. The maximum atomic E-state index is 11.4. The molecule has 0 saturated carbocycles. The van der Waals surface area contributed by atoms with Crippen LogP contribution in [0.4, 0.5) is 8.78 Å². The number of carbonyl (C=O) groups excluding carboxylic acids is 1. The van der Waals surface area contributed by atoms with E-state index in [4.69, 9.17) is 0 Å². The van der Waals surface area contributed by atoms with Gasteiger partial charge in [-0.05, 0) is 6.08 Å². The van der Waals surface area contributed by atoms with Crippen molar-refractivity contribution in [2.75, 3.05) is 6.54 Å². The molecule has 0 aromatic rings. The van der Waals surface area contributed by atoms with Crippen molar-refractivity contribution in [2.24, 2.45) is 0 Å². The fourth-order valence-corrected chi connectivity index (χ4v) is 0.377. The summed E-state index contributed by atoms with van der Waals surface area (Å²) in [6.07, 6.45) is -1.62. The van der Waals surface area contributed by atoms with Crippen LogP contribution in [0.15, 0.2) is 12.7 Å². The highest BCUT2D eigenvalue weighted by atomic mass is 19.3. The number of halogens is 2. The van der Waals surface area contributed by atoms with Crippen LogP contribution in [-0.2, 0) is 4.79 Å². The molecule has 1 N–H and O–H groups in total. The lowest BCUT2D eigenvalue weighted by Gasteiger charge is -1.99. The summed E-state index contributed by atoms with van der Waals surface area (Å²) in [6.45, 7) is 3.16. The van der Waals surface area contributed by atoms with Crippen LogP contribution in [-0.4, -0.2) is 18.9 Å². The highest BCUT2D eigenvalue weighted by Crippen LogP contribution is 1.95. The van der Waals surface area contributed by atoms with Crippen molar-refractivity contribution in [1.82, 2.24) is 5.32 Å². The standard InChI is InChI=1S/C6H9F2NO/c1-2-6(10)9-4-3-5(7)8/h2,5H,1,3-4H2,(H,9,10). The highest BCUT2D eigenvalue weighted by molar-refractivity contribution is 5.86. The molecule has 0 fully saturated rings. The molecule has 0 spiro atoms. The molecule has 0 aromatic carbocycles. The van der Waals surface area contributed by atoms with E-state index in [0.717, 1.165) is 6.08 Å². The summed E-state index contributed by atoms with van der Waals surface area (Å²) in [7, 11) is 0. The van der Waals surface area contributed by atoms with E-state index in [0.29, 0.717) is 0 Å². The summed E-state index contributed by atoms with van der Waals surface area (Å²) in [5.74, 6) is -0.416. The Balaban J connectivity index is 3.19. The molecular formula is C6H9F2NO. The van der Waals surface area contributed by atoms with Crippen LogP contribution in [0.1, 0.15) is 6.42 Å². The van der Waals surface area contributed by atoms with Crippen molar-refractivity contribution >= 4 is 5.91 Å². The summed E-state index contributed by atoms with van der Waals surface area (Å²) in [5, 5.41) is 2.23. The van der Waals surface area contributed by atoms with Gasteiger partial charge in [-0.1, -0.05) is 6.58 Å². The molecule has 58 valence electrons. The van der Waals surface area contributed by atoms with Gasteiger partial charge in [-0.15, -0.1) is 0 Å². The molecule has 0 aliphatic rings. The molecule has 0 atom stereocenters. The van der Waals surface area contributed by atoms with Gasteiger partial charge in [0.25, 0.3) is 0 Å². The van der Waals surface area contributed by atoms with Gasteiger partial charge in [0.15, 0.2) is 0 Å². The predicted molar refractivity (Wildman–Crippen MR) is 33.8 cm³/mol. The highest BCUT2D eigenvalue weighted by Gasteiger charge is 2.01. The van der Waals surface area contributed by atoms with Crippen molar-refractivity contribution in [2.45, 2.75) is 12.8 Å². The van der Waals surface area contributed by atoms with Gasteiger partial charge < -0.3 is 5.32 Å². The number of alkyl halides is 2. The lowest BCUT2D eigenvalue weighted by molar-refractivity contribution is -0.116. The maximum Gasteiger partial charge on any atom is 0.243 e. The Labute approximate surface area is 57.9 Å². The number of amides is 1. The van der Waals surface area contributed by atoms with Crippen LogP contribution in [0.2, 0.25) is 0 Å². The van der Waals surface area contributed by atoms with E-state index in [1.165, 1.54) is 0 Å². The first-order valence-electron chi connectivity index (χ1n) is 2.85. The van der Waals surface area contributed by atoms with Gasteiger partial charge in [-0.25, -0.2) is 8.78 Å². The summed E-state index contributed by atoms with van der Waals surface area (Å²) >= 11 is 0. The monoisotopic (exact) mass is 149 g/mol. The quantitative estimate of drug-likeness (QED) is 0.592. The number of hydrogen-bond donors (Lipinski definition) is 1. The molecule has 0 aliphatic carbocycles. The van der Waals surface area contributed by atoms with Crippen LogP contribution in [0.5, 0.6) is 0 Å². The van der Waals surface area contributed by atoms with E-state index < -0.39 is 12.3 Å². The molecule has 0 bridgehead atoms. The fraction of sp³-hybridized carbons (Fsp3) is 0.500. The zero-order valence-corrected chi connectivity index (χ0v) is 5.44. The zero-order chi connectivity index (χ0) is 7.98. The molecule has 0 unspecified atom stereocenters. The largest absolute Gasteiger partial charge is 0.352 e. The van der Waals surface area contributed by atoms with Gasteiger partial charge >= 0.3 is 0 Å². The Hall–Kier alpha value is -0.930. The fourth-order valence-electron chi connectivity index (χ4n) is 0.377. The molecule has 0 aliphatic heterocycles. The molecule has 10 heavy (non-hydrogen) atoms. The van der Waals surface area contributed by atoms with Crippen molar-refractivity contribution in [3.63, 3.8) is 0 Å². The summed E-state index contributed by atoms with van der Waals surface area (Å²) in [5.41, 5.74) is 0. The molecule has 4 heteroatoms. The number of rotatable bonds is 4. The van der Waals surface area contributed by atoms with E-state index in [-0.39, 0.29) is 13.0 Å². The van der Waals surface area contributed by atoms with E-state index in [1.807, 2.05) is 0 Å². The SMILES string of the molecule is C=CC(=O)NCCC(F)F. The molecular weight excluding hydrogens is 140 g/mol. The second-order valence-electron chi connectivity index (χ2n) is 1.67. The van der Waals surface area contributed by atoms with Crippen molar-refractivity contribution < 1.29 is 13.6 Å². The molecule has 1 amide bonds. The third-order valence-electron chi connectivity index (χ3n) is 0.847. The lowest BCUT2D eigenvalue weighted by Crippen LogP contribution is -2.23. The summed E-state index contributed by atoms with van der Waals surface area (Å²) < 4.78 is 22.8. The number of nitrogens with one attached hydrogen (secondary N) is 1. The first kappa shape index (κ1) is 9.07. The van der Waals surface area contributed by atoms with E-state index >= 15 is 0 Å². The number of hydrogen-bond acceptors (Lipinski definition) is 1. The van der Waals surface area contributed by atoms with Crippen LogP contribution in [0.25, 0.3) is 0 Å². The minimum absolute atomic E-state index is 0.00250. The third-order valence-corrected chi connectivity index (χ3v) is 0.847. The Kier molecular flexibility index (Phi) is 4.45. The summed E-state index contributed by atoms with van der Waals surface area (Å²) in [4.78, 5) is 10.3. The first-order chi connectivity index (χ1) is 4.66. The average molecular weight is 149 g/mol. The van der Waals surface area contributed by atoms with E-state index in [9.17, 15) is 13.6 Å². The summed E-state index contributed by atoms with van der Waals surface area (Å²) in [6, 6.07) is 0. The van der Waals surface area contributed by atoms with Gasteiger partial charge in [0.05, 0.1) is 0 Å². The lowest BCUT2D eigenvalue weighted by atomic mass is 10.4. The normalized spacial score (nSPS) is 9.50. The molecule has 0 saturated heterocycles. The maximum absolute atomic E-state index is 11.4. The smallest absolute Gasteiger partial charge is 0.243 e. The topological polar surface area (TPSA) is 29.1 Å². The Bertz CT molecular complexity index is 125. The Morgan fingerprint density at radius 1 is 1.70 bits per heavy atom. The zero-order valence-electron chi connectivity index (χ0n) is 5.44.